The van der Waals surface area contributed by atoms with Crippen molar-refractivity contribution in [2.24, 2.45) is 5.73 Å². The van der Waals surface area contributed by atoms with Crippen molar-refractivity contribution in [1.29, 1.82) is 0 Å². The van der Waals surface area contributed by atoms with Gasteiger partial charge in [0.05, 0.1) is 16.3 Å². The summed E-state index contributed by atoms with van der Waals surface area (Å²) in [6.07, 6.45) is 0.862. The van der Waals surface area contributed by atoms with Crippen LogP contribution in [0.1, 0.15) is 34.8 Å². The average molecular weight is 293 g/mol. The van der Waals surface area contributed by atoms with E-state index in [-0.39, 0.29) is 18.4 Å². The van der Waals surface area contributed by atoms with Crippen LogP contribution >= 0.6 is 11.3 Å². The summed E-state index contributed by atoms with van der Waals surface area (Å²) in [5.74, 6) is 5.15. The number of amides is 2. The van der Waals surface area contributed by atoms with E-state index in [2.05, 4.69) is 22.5 Å². The molecule has 0 saturated carbocycles. The first-order valence-electron chi connectivity index (χ1n) is 6.45. The first-order chi connectivity index (χ1) is 9.58. The molecule has 0 bridgehead atoms. The van der Waals surface area contributed by atoms with E-state index >= 15 is 0 Å². The Morgan fingerprint density at radius 2 is 2.20 bits per heavy atom. The molecule has 20 heavy (non-hydrogen) atoms. The summed E-state index contributed by atoms with van der Waals surface area (Å²) in [6.45, 7) is 4.52. The molecular formula is C14H19N3O2S. The molecule has 1 aromatic heterocycles. The molecule has 1 heterocycles. The summed E-state index contributed by atoms with van der Waals surface area (Å²) in [6, 6.07) is 2.90. The van der Waals surface area contributed by atoms with Crippen molar-refractivity contribution in [1.82, 2.24) is 10.6 Å². The van der Waals surface area contributed by atoms with Crippen molar-refractivity contribution in [3.63, 3.8) is 0 Å². The van der Waals surface area contributed by atoms with Crippen LogP contribution in [0.25, 0.3) is 0 Å². The van der Waals surface area contributed by atoms with Crippen molar-refractivity contribution >= 4 is 23.2 Å². The van der Waals surface area contributed by atoms with E-state index < -0.39 is 6.04 Å². The van der Waals surface area contributed by atoms with Gasteiger partial charge in [0.1, 0.15) is 6.04 Å². The molecule has 1 rings (SSSR count). The van der Waals surface area contributed by atoms with Crippen LogP contribution in [0, 0.1) is 11.8 Å². The zero-order chi connectivity index (χ0) is 15.0. The van der Waals surface area contributed by atoms with Gasteiger partial charge in [-0.25, -0.2) is 0 Å². The largest absolute Gasteiger partial charge is 0.354 e. The number of rotatable bonds is 5. The molecule has 5 nitrogen and oxygen atoms in total. The standard InChI is InChI=1S/C14H19N3O2S/c1-3-9-16-13(18)10(2)17-14(19)12-7-6-11(20-12)5-4-8-15/h6-7,10H,3,8-9,15H2,1-2H3,(H,16,18)(H,17,19). The molecule has 0 radical (unpaired) electrons. The highest BCUT2D eigenvalue weighted by molar-refractivity contribution is 7.14. The number of nitrogens with one attached hydrogen (secondary N) is 2. The molecule has 0 spiro atoms. The van der Waals surface area contributed by atoms with Crippen LogP contribution in [-0.4, -0.2) is 30.9 Å². The zero-order valence-corrected chi connectivity index (χ0v) is 12.5. The van der Waals surface area contributed by atoms with Crippen molar-refractivity contribution in [2.45, 2.75) is 26.3 Å². The van der Waals surface area contributed by atoms with Gasteiger partial charge in [0.15, 0.2) is 0 Å². The third-order valence-electron chi connectivity index (χ3n) is 2.43. The van der Waals surface area contributed by atoms with E-state index in [1.165, 1.54) is 11.3 Å². The van der Waals surface area contributed by atoms with Crippen LogP contribution in [0.2, 0.25) is 0 Å². The number of nitrogens with two attached hydrogens (primary N) is 1. The lowest BCUT2D eigenvalue weighted by molar-refractivity contribution is -0.122. The smallest absolute Gasteiger partial charge is 0.262 e. The number of thiophene rings is 1. The Balaban J connectivity index is 2.57. The third kappa shape index (κ3) is 5.03. The Morgan fingerprint density at radius 1 is 1.45 bits per heavy atom. The molecule has 2 amide bonds. The molecule has 6 heteroatoms. The number of hydrogen-bond donors (Lipinski definition) is 3. The van der Waals surface area contributed by atoms with Gasteiger partial charge in [-0.1, -0.05) is 18.8 Å². The zero-order valence-electron chi connectivity index (χ0n) is 11.7. The highest BCUT2D eigenvalue weighted by Crippen LogP contribution is 2.15. The lowest BCUT2D eigenvalue weighted by Gasteiger charge is -2.12. The Bertz CT molecular complexity index is 528. The molecule has 1 unspecified atom stereocenters. The summed E-state index contributed by atoms with van der Waals surface area (Å²) in [5, 5.41) is 5.40. The van der Waals surface area contributed by atoms with Gasteiger partial charge in [-0.3, -0.25) is 9.59 Å². The van der Waals surface area contributed by atoms with Crippen LogP contribution in [0.4, 0.5) is 0 Å². The maximum Gasteiger partial charge on any atom is 0.262 e. The van der Waals surface area contributed by atoms with Crippen molar-refractivity contribution in [3.05, 3.63) is 21.9 Å². The highest BCUT2D eigenvalue weighted by Gasteiger charge is 2.17. The number of hydrogen-bond acceptors (Lipinski definition) is 4. The van der Waals surface area contributed by atoms with Gasteiger partial charge < -0.3 is 16.4 Å². The molecular weight excluding hydrogens is 274 g/mol. The minimum atomic E-state index is -0.560. The maximum absolute atomic E-state index is 12.0. The maximum atomic E-state index is 12.0. The fourth-order valence-electron chi connectivity index (χ4n) is 1.40. The molecule has 4 N–H and O–H groups in total. The molecule has 0 aliphatic carbocycles. The molecule has 108 valence electrons. The molecule has 1 aromatic rings. The fraction of sp³-hybridized carbons (Fsp3) is 0.429. The van der Waals surface area contributed by atoms with Gasteiger partial charge >= 0.3 is 0 Å². The van der Waals surface area contributed by atoms with E-state index in [0.29, 0.717) is 11.4 Å². The van der Waals surface area contributed by atoms with Crippen LogP contribution in [0.3, 0.4) is 0 Å². The lowest BCUT2D eigenvalue weighted by Crippen LogP contribution is -2.44. The van der Waals surface area contributed by atoms with Gasteiger partial charge in [0.25, 0.3) is 5.91 Å². The van der Waals surface area contributed by atoms with Crippen molar-refractivity contribution < 1.29 is 9.59 Å². The van der Waals surface area contributed by atoms with Gasteiger partial charge in [-0.05, 0) is 25.5 Å². The van der Waals surface area contributed by atoms with Gasteiger partial charge in [0.2, 0.25) is 5.91 Å². The SMILES string of the molecule is CCCNC(=O)C(C)NC(=O)c1ccc(C#CCN)s1. The first kappa shape index (κ1) is 16.2. The van der Waals surface area contributed by atoms with Crippen LogP contribution in [0.5, 0.6) is 0 Å². The summed E-state index contributed by atoms with van der Waals surface area (Å²) in [5.41, 5.74) is 5.29. The van der Waals surface area contributed by atoms with E-state index in [1.807, 2.05) is 6.92 Å². The number of carbonyl (C=O) groups is 2. The summed E-state index contributed by atoms with van der Waals surface area (Å²) in [4.78, 5) is 24.9. The normalized spacial score (nSPS) is 11.2. The second-order valence-corrected chi connectivity index (χ2v) is 5.24. The lowest BCUT2D eigenvalue weighted by atomic mass is 10.3. The minimum Gasteiger partial charge on any atom is -0.354 e. The van der Waals surface area contributed by atoms with Crippen molar-refractivity contribution in [2.75, 3.05) is 13.1 Å². The highest BCUT2D eigenvalue weighted by atomic mass is 32.1. The Kier molecular flexibility index (Phi) is 6.77. The average Bonchev–Trinajstić information content (AvgIpc) is 2.91. The molecule has 0 aliphatic rings. The van der Waals surface area contributed by atoms with Crippen LogP contribution < -0.4 is 16.4 Å². The minimum absolute atomic E-state index is 0.181. The Labute approximate surface area is 122 Å². The monoisotopic (exact) mass is 293 g/mol. The van der Waals surface area contributed by atoms with Gasteiger partial charge in [0, 0.05) is 6.54 Å². The molecule has 0 aliphatic heterocycles. The predicted octanol–water partition coefficient (Wildman–Crippen LogP) is 0.703. The number of carbonyl (C=O) groups excluding carboxylic acids is 2. The predicted molar refractivity (Wildman–Crippen MR) is 80.5 cm³/mol. The summed E-state index contributed by atoms with van der Waals surface area (Å²) in [7, 11) is 0. The second-order valence-electron chi connectivity index (χ2n) is 4.16. The third-order valence-corrected chi connectivity index (χ3v) is 3.43. The molecule has 0 saturated heterocycles. The van der Waals surface area contributed by atoms with Crippen LogP contribution in [-0.2, 0) is 4.79 Å². The molecule has 1 atom stereocenters. The topological polar surface area (TPSA) is 84.2 Å². The van der Waals surface area contributed by atoms with Gasteiger partial charge in [-0.2, -0.15) is 0 Å². The quantitative estimate of drug-likeness (QED) is 0.699. The molecule has 0 fully saturated rings. The first-order valence-corrected chi connectivity index (χ1v) is 7.27. The molecule has 0 aromatic carbocycles. The van der Waals surface area contributed by atoms with E-state index in [1.54, 1.807) is 19.1 Å². The van der Waals surface area contributed by atoms with E-state index in [4.69, 9.17) is 5.73 Å². The van der Waals surface area contributed by atoms with E-state index in [0.717, 1.165) is 11.3 Å². The van der Waals surface area contributed by atoms with Crippen LogP contribution in [0.15, 0.2) is 12.1 Å². The summed E-state index contributed by atoms with van der Waals surface area (Å²) >= 11 is 1.28. The Hall–Kier alpha value is -1.84. The fourth-order valence-corrected chi connectivity index (χ4v) is 2.18. The second kappa shape index (κ2) is 8.35. The Morgan fingerprint density at radius 3 is 2.85 bits per heavy atom. The van der Waals surface area contributed by atoms with E-state index in [9.17, 15) is 9.59 Å². The summed E-state index contributed by atoms with van der Waals surface area (Å²) < 4.78 is 0. The van der Waals surface area contributed by atoms with Gasteiger partial charge in [-0.15, -0.1) is 11.3 Å². The van der Waals surface area contributed by atoms with Crippen molar-refractivity contribution in [3.8, 4) is 11.8 Å².